The van der Waals surface area contributed by atoms with Crippen LogP contribution in [0.5, 0.6) is 0 Å². The summed E-state index contributed by atoms with van der Waals surface area (Å²) in [5.74, 6) is 0. The predicted molar refractivity (Wildman–Crippen MR) is 112 cm³/mol. The van der Waals surface area contributed by atoms with Crippen molar-refractivity contribution in [3.8, 4) is 22.5 Å². The fraction of sp³-hybridized carbons (Fsp3) is 0.227. The van der Waals surface area contributed by atoms with Crippen LogP contribution in [0.15, 0.2) is 53.8 Å². The van der Waals surface area contributed by atoms with Gasteiger partial charge in [-0.1, -0.05) is 0 Å². The van der Waals surface area contributed by atoms with Gasteiger partial charge in [0.15, 0.2) is 0 Å². The van der Waals surface area contributed by atoms with Crippen molar-refractivity contribution in [1.82, 2.24) is 24.5 Å². The molecular formula is C22H18F3N5O2. The lowest BCUT2D eigenvalue weighted by Gasteiger charge is -2.15. The number of rotatable bonds is 4. The number of nitrogens with zero attached hydrogens (tertiary/aromatic N) is 5. The van der Waals surface area contributed by atoms with Gasteiger partial charge in [-0.25, -0.2) is 9.97 Å². The molecule has 4 aromatic heterocycles. The van der Waals surface area contributed by atoms with Crippen LogP contribution in [0.3, 0.4) is 0 Å². The average molecular weight is 441 g/mol. The van der Waals surface area contributed by atoms with Crippen molar-refractivity contribution >= 4 is 10.9 Å². The molecule has 0 bridgehead atoms. The van der Waals surface area contributed by atoms with E-state index >= 15 is 0 Å². The van der Waals surface area contributed by atoms with Crippen molar-refractivity contribution in [2.24, 2.45) is 0 Å². The number of hydrogen-bond donors (Lipinski definition) is 1. The van der Waals surface area contributed by atoms with E-state index < -0.39 is 23.5 Å². The van der Waals surface area contributed by atoms with Gasteiger partial charge in [-0.2, -0.15) is 13.2 Å². The van der Waals surface area contributed by atoms with E-state index in [1.165, 1.54) is 23.0 Å². The van der Waals surface area contributed by atoms with E-state index in [1.807, 2.05) is 0 Å². The smallest absolute Gasteiger partial charge is 0.394 e. The van der Waals surface area contributed by atoms with Crippen LogP contribution in [0.25, 0.3) is 33.4 Å². The fourth-order valence-electron chi connectivity index (χ4n) is 3.33. The van der Waals surface area contributed by atoms with Gasteiger partial charge in [0.25, 0.3) is 5.56 Å². The second-order valence-corrected chi connectivity index (χ2v) is 7.31. The van der Waals surface area contributed by atoms with Gasteiger partial charge < -0.3 is 5.11 Å². The summed E-state index contributed by atoms with van der Waals surface area (Å²) in [6.45, 7) is 3.19. The molecule has 0 radical (unpaired) electrons. The summed E-state index contributed by atoms with van der Waals surface area (Å²) in [4.78, 5) is 29.9. The first-order chi connectivity index (χ1) is 15.2. The second-order valence-electron chi connectivity index (χ2n) is 7.31. The number of aromatic nitrogens is 5. The Kier molecular flexibility index (Phi) is 5.47. The molecule has 32 heavy (non-hydrogen) atoms. The summed E-state index contributed by atoms with van der Waals surface area (Å²) < 4.78 is 40.0. The second kappa shape index (κ2) is 8.12. The molecule has 0 saturated carbocycles. The molecule has 0 aliphatic rings. The van der Waals surface area contributed by atoms with Crippen LogP contribution < -0.4 is 5.56 Å². The predicted octanol–water partition coefficient (Wildman–Crippen LogP) is 3.80. The minimum atomic E-state index is -4.56. The third kappa shape index (κ3) is 3.84. The number of pyridine rings is 3. The molecule has 1 atom stereocenters. The molecule has 0 spiro atoms. The van der Waals surface area contributed by atoms with Crippen LogP contribution in [0.2, 0.25) is 0 Å². The number of aliphatic hydroxyl groups excluding tert-OH is 1. The molecule has 0 aliphatic heterocycles. The number of hydrogen-bond acceptors (Lipinski definition) is 6. The number of aliphatic hydroxyl groups is 1. The maximum Gasteiger partial charge on any atom is 0.433 e. The number of fused-ring (bicyclic) bond motifs is 1. The molecule has 7 nitrogen and oxygen atoms in total. The van der Waals surface area contributed by atoms with E-state index in [1.54, 1.807) is 32.2 Å². The van der Waals surface area contributed by atoms with Crippen LogP contribution in [0, 0.1) is 6.92 Å². The monoisotopic (exact) mass is 441 g/mol. The Morgan fingerprint density at radius 2 is 1.94 bits per heavy atom. The van der Waals surface area contributed by atoms with Crippen LogP contribution in [-0.4, -0.2) is 36.2 Å². The van der Waals surface area contributed by atoms with E-state index in [9.17, 15) is 23.1 Å². The van der Waals surface area contributed by atoms with E-state index in [-0.39, 0.29) is 17.7 Å². The minimum absolute atomic E-state index is 0.218. The number of aryl methyl sites for hydroxylation is 1. The summed E-state index contributed by atoms with van der Waals surface area (Å²) in [5.41, 5.74) is 1.16. The zero-order chi connectivity index (χ0) is 23.0. The standard InChI is InChI=1S/C22H18F3N5O2/c1-12(10-31)30-11-28-19-16(21(30)32)8-17(14-5-6-18(27-9-14)22(23,24)25)29-20(19)15-4-3-7-26-13(15)2/h3-9,11-12,31H,10H2,1-2H3. The van der Waals surface area contributed by atoms with E-state index in [2.05, 4.69) is 19.9 Å². The topological polar surface area (TPSA) is 93.8 Å². The Morgan fingerprint density at radius 3 is 2.56 bits per heavy atom. The van der Waals surface area contributed by atoms with Gasteiger partial charge in [0, 0.05) is 29.2 Å². The molecule has 0 aliphatic carbocycles. The van der Waals surface area contributed by atoms with Gasteiger partial charge in [-0.3, -0.25) is 19.3 Å². The summed E-state index contributed by atoms with van der Waals surface area (Å²) in [7, 11) is 0. The molecule has 0 fully saturated rings. The van der Waals surface area contributed by atoms with Crippen LogP contribution in [0.4, 0.5) is 13.2 Å². The molecule has 4 heterocycles. The Labute approximate surface area is 180 Å². The van der Waals surface area contributed by atoms with E-state index in [0.717, 1.165) is 12.3 Å². The van der Waals surface area contributed by atoms with Gasteiger partial charge in [-0.05, 0) is 44.2 Å². The SMILES string of the molecule is Cc1ncccc1-c1nc(-c2ccc(C(F)(F)F)nc2)cc2c(=O)n(C(C)CO)cnc12. The molecule has 0 aromatic carbocycles. The normalized spacial score (nSPS) is 12.8. The van der Waals surface area contributed by atoms with E-state index in [4.69, 9.17) is 0 Å². The molecule has 1 unspecified atom stereocenters. The highest BCUT2D eigenvalue weighted by atomic mass is 19.4. The molecule has 1 N–H and O–H groups in total. The van der Waals surface area contributed by atoms with Crippen molar-refractivity contribution in [3.63, 3.8) is 0 Å². The zero-order valence-corrected chi connectivity index (χ0v) is 17.1. The lowest BCUT2D eigenvalue weighted by molar-refractivity contribution is -0.141. The number of alkyl halides is 3. The van der Waals surface area contributed by atoms with E-state index in [0.29, 0.717) is 28.0 Å². The van der Waals surface area contributed by atoms with Crippen molar-refractivity contribution in [3.05, 3.63) is 70.8 Å². The van der Waals surface area contributed by atoms with Gasteiger partial charge in [0.05, 0.1) is 35.8 Å². The maximum atomic E-state index is 13.2. The Hall–Kier alpha value is -3.66. The average Bonchev–Trinajstić information content (AvgIpc) is 2.78. The van der Waals surface area contributed by atoms with Gasteiger partial charge >= 0.3 is 6.18 Å². The molecule has 4 aromatic rings. The highest BCUT2D eigenvalue weighted by molar-refractivity contribution is 5.93. The maximum absolute atomic E-state index is 13.2. The Balaban J connectivity index is 2.01. The first-order valence-electron chi connectivity index (χ1n) is 9.69. The Bertz CT molecular complexity index is 1350. The van der Waals surface area contributed by atoms with Crippen molar-refractivity contribution < 1.29 is 18.3 Å². The number of halogens is 3. The highest BCUT2D eigenvalue weighted by Crippen LogP contribution is 2.32. The van der Waals surface area contributed by atoms with Crippen LogP contribution in [0.1, 0.15) is 24.4 Å². The zero-order valence-electron chi connectivity index (χ0n) is 17.1. The summed E-state index contributed by atoms with van der Waals surface area (Å²) in [5, 5.41) is 9.69. The quantitative estimate of drug-likeness (QED) is 0.518. The van der Waals surface area contributed by atoms with Gasteiger partial charge in [0.1, 0.15) is 11.2 Å². The molecule has 10 heteroatoms. The molecule has 164 valence electrons. The first kappa shape index (κ1) is 21.6. The molecule has 0 saturated heterocycles. The van der Waals surface area contributed by atoms with Crippen LogP contribution >= 0.6 is 0 Å². The fourth-order valence-corrected chi connectivity index (χ4v) is 3.33. The highest BCUT2D eigenvalue weighted by Gasteiger charge is 2.32. The van der Waals surface area contributed by atoms with Crippen LogP contribution in [-0.2, 0) is 6.18 Å². The molecular weight excluding hydrogens is 423 g/mol. The third-order valence-electron chi connectivity index (χ3n) is 5.12. The molecule has 4 rings (SSSR count). The largest absolute Gasteiger partial charge is 0.433 e. The summed E-state index contributed by atoms with van der Waals surface area (Å²) in [6.07, 6.45) is -0.524. The first-order valence-corrected chi connectivity index (χ1v) is 9.69. The summed E-state index contributed by atoms with van der Waals surface area (Å²) >= 11 is 0. The lowest BCUT2D eigenvalue weighted by atomic mass is 10.0. The summed E-state index contributed by atoms with van der Waals surface area (Å²) in [6, 6.07) is 6.60. The minimum Gasteiger partial charge on any atom is -0.394 e. The molecule has 0 amide bonds. The van der Waals surface area contributed by atoms with Crippen molar-refractivity contribution in [2.45, 2.75) is 26.1 Å². The van der Waals surface area contributed by atoms with Gasteiger partial charge in [0.2, 0.25) is 0 Å². The Morgan fingerprint density at radius 1 is 1.16 bits per heavy atom. The third-order valence-corrected chi connectivity index (χ3v) is 5.12. The lowest BCUT2D eigenvalue weighted by Crippen LogP contribution is -2.26. The van der Waals surface area contributed by atoms with Crippen molar-refractivity contribution in [2.75, 3.05) is 6.61 Å². The van der Waals surface area contributed by atoms with Gasteiger partial charge in [-0.15, -0.1) is 0 Å². The van der Waals surface area contributed by atoms with Crippen molar-refractivity contribution in [1.29, 1.82) is 0 Å².